The van der Waals surface area contributed by atoms with Gasteiger partial charge in [0.25, 0.3) is 0 Å². The number of oxazole rings is 1. The van der Waals surface area contributed by atoms with E-state index in [4.69, 9.17) is 4.42 Å². The van der Waals surface area contributed by atoms with E-state index >= 15 is 0 Å². The van der Waals surface area contributed by atoms with Crippen molar-refractivity contribution in [3.63, 3.8) is 0 Å². The molecule has 0 bridgehead atoms. The number of rotatable bonds is 4. The summed E-state index contributed by atoms with van der Waals surface area (Å²) in [5, 5.41) is 8.63. The fraction of sp³-hybridized carbons (Fsp3) is 0.0952. The van der Waals surface area contributed by atoms with Gasteiger partial charge in [0.05, 0.1) is 17.5 Å². The van der Waals surface area contributed by atoms with Crippen LogP contribution in [-0.4, -0.2) is 15.2 Å². The lowest BCUT2D eigenvalue weighted by Gasteiger charge is -2.11. The van der Waals surface area contributed by atoms with E-state index in [0.717, 1.165) is 40.1 Å². The van der Waals surface area contributed by atoms with E-state index in [-0.39, 0.29) is 0 Å². The molecule has 0 saturated heterocycles. The Morgan fingerprint density at radius 2 is 1.56 bits per heavy atom. The van der Waals surface area contributed by atoms with Crippen LogP contribution in [-0.2, 0) is 6.42 Å². The first kappa shape index (κ1) is 15.3. The number of aryl methyl sites for hydroxylation is 1. The summed E-state index contributed by atoms with van der Waals surface area (Å²) in [6.45, 7) is 2.06. The van der Waals surface area contributed by atoms with Crippen LogP contribution >= 0.6 is 0 Å². The van der Waals surface area contributed by atoms with Crippen LogP contribution in [0.5, 0.6) is 0 Å². The van der Waals surface area contributed by atoms with Gasteiger partial charge in [-0.2, -0.15) is 5.10 Å². The Morgan fingerprint density at radius 1 is 0.880 bits per heavy atom. The zero-order valence-corrected chi connectivity index (χ0v) is 13.9. The molecular formula is C21H17N3O. The molecule has 0 N–H and O–H groups in total. The lowest BCUT2D eigenvalue weighted by molar-refractivity contribution is 0.572. The van der Waals surface area contributed by atoms with Gasteiger partial charge in [-0.15, -0.1) is 5.10 Å². The van der Waals surface area contributed by atoms with Crippen molar-refractivity contribution in [2.75, 3.05) is 0 Å². The molecule has 25 heavy (non-hydrogen) atoms. The van der Waals surface area contributed by atoms with E-state index in [2.05, 4.69) is 34.2 Å². The van der Waals surface area contributed by atoms with Crippen molar-refractivity contribution in [1.29, 1.82) is 0 Å². The minimum Gasteiger partial charge on any atom is -0.444 e. The van der Waals surface area contributed by atoms with E-state index < -0.39 is 0 Å². The summed E-state index contributed by atoms with van der Waals surface area (Å²) in [7, 11) is 0. The van der Waals surface area contributed by atoms with Gasteiger partial charge in [0, 0.05) is 11.1 Å². The quantitative estimate of drug-likeness (QED) is 0.527. The van der Waals surface area contributed by atoms with Gasteiger partial charge < -0.3 is 4.42 Å². The molecule has 0 fully saturated rings. The third-order valence-corrected chi connectivity index (χ3v) is 4.11. The van der Waals surface area contributed by atoms with E-state index in [1.807, 2.05) is 48.5 Å². The fourth-order valence-electron chi connectivity index (χ4n) is 2.82. The third-order valence-electron chi connectivity index (χ3n) is 4.11. The number of hydrogen-bond donors (Lipinski definition) is 0. The van der Waals surface area contributed by atoms with Crippen molar-refractivity contribution >= 4 is 0 Å². The van der Waals surface area contributed by atoms with Crippen LogP contribution in [0.1, 0.15) is 12.6 Å². The zero-order valence-electron chi connectivity index (χ0n) is 13.9. The molecule has 0 aliphatic carbocycles. The topological polar surface area (TPSA) is 51.8 Å². The molecule has 0 spiro atoms. The van der Waals surface area contributed by atoms with Crippen LogP contribution < -0.4 is 0 Å². The van der Waals surface area contributed by atoms with Crippen LogP contribution in [0, 0.1) is 0 Å². The number of aromatic nitrogens is 3. The van der Waals surface area contributed by atoms with E-state index in [1.165, 1.54) is 0 Å². The van der Waals surface area contributed by atoms with Gasteiger partial charge in [-0.1, -0.05) is 67.6 Å². The standard InChI is InChI=1S/C21H17N3O/c1-2-17-14-25-21(23-17)19-18(15-9-5-3-6-10-15)13-22-24-20(19)16-11-7-4-8-12-16/h3-14H,2H2,1H3. The van der Waals surface area contributed by atoms with Crippen LogP contribution in [0.3, 0.4) is 0 Å². The second-order valence-corrected chi connectivity index (χ2v) is 5.71. The molecule has 0 unspecified atom stereocenters. The highest BCUT2D eigenvalue weighted by molar-refractivity contribution is 5.89. The number of hydrogen-bond acceptors (Lipinski definition) is 4. The Kier molecular flexibility index (Phi) is 4.09. The number of nitrogens with zero attached hydrogens (tertiary/aromatic N) is 3. The molecule has 2 heterocycles. The lowest BCUT2D eigenvalue weighted by atomic mass is 9.97. The lowest BCUT2D eigenvalue weighted by Crippen LogP contribution is -1.96. The maximum Gasteiger partial charge on any atom is 0.229 e. The summed E-state index contributed by atoms with van der Waals surface area (Å²) in [5.41, 5.74) is 5.56. The summed E-state index contributed by atoms with van der Waals surface area (Å²) < 4.78 is 5.79. The highest BCUT2D eigenvalue weighted by atomic mass is 16.3. The van der Waals surface area contributed by atoms with Crippen LogP contribution in [0.2, 0.25) is 0 Å². The smallest absolute Gasteiger partial charge is 0.229 e. The first-order valence-electron chi connectivity index (χ1n) is 8.28. The second kappa shape index (κ2) is 6.69. The van der Waals surface area contributed by atoms with Crippen LogP contribution in [0.4, 0.5) is 0 Å². The Balaban J connectivity index is 1.99. The van der Waals surface area contributed by atoms with Gasteiger partial charge in [-0.05, 0) is 12.0 Å². The molecule has 0 radical (unpaired) electrons. The molecule has 4 rings (SSSR count). The van der Waals surface area contributed by atoms with E-state index in [1.54, 1.807) is 12.5 Å². The molecular weight excluding hydrogens is 310 g/mol. The van der Waals surface area contributed by atoms with E-state index in [0.29, 0.717) is 5.89 Å². The normalized spacial score (nSPS) is 10.8. The van der Waals surface area contributed by atoms with Crippen molar-refractivity contribution in [1.82, 2.24) is 15.2 Å². The molecule has 0 amide bonds. The molecule has 0 aliphatic rings. The molecule has 0 aliphatic heterocycles. The molecule has 0 saturated carbocycles. The van der Waals surface area contributed by atoms with Crippen molar-refractivity contribution in [3.8, 4) is 33.8 Å². The second-order valence-electron chi connectivity index (χ2n) is 5.71. The monoisotopic (exact) mass is 327 g/mol. The third kappa shape index (κ3) is 2.94. The molecule has 4 aromatic rings. The van der Waals surface area contributed by atoms with Crippen LogP contribution in [0.15, 0.2) is 77.5 Å². The molecule has 122 valence electrons. The molecule has 4 nitrogen and oxygen atoms in total. The Morgan fingerprint density at radius 3 is 2.20 bits per heavy atom. The first-order valence-corrected chi connectivity index (χ1v) is 8.28. The van der Waals surface area contributed by atoms with Crippen molar-refractivity contribution in [2.45, 2.75) is 13.3 Å². The van der Waals surface area contributed by atoms with Gasteiger partial charge in [0.1, 0.15) is 12.0 Å². The summed E-state index contributed by atoms with van der Waals surface area (Å²) in [6, 6.07) is 20.1. The molecule has 0 atom stereocenters. The van der Waals surface area contributed by atoms with Gasteiger partial charge in [-0.25, -0.2) is 4.98 Å². The zero-order chi connectivity index (χ0) is 17.1. The molecule has 2 aromatic carbocycles. The van der Waals surface area contributed by atoms with Crippen molar-refractivity contribution < 1.29 is 4.42 Å². The minimum absolute atomic E-state index is 0.574. The maximum atomic E-state index is 5.79. The van der Waals surface area contributed by atoms with Gasteiger partial charge in [-0.3, -0.25) is 0 Å². The summed E-state index contributed by atoms with van der Waals surface area (Å²) in [5.74, 6) is 0.574. The summed E-state index contributed by atoms with van der Waals surface area (Å²) in [6.07, 6.45) is 4.30. The molecule has 2 aromatic heterocycles. The van der Waals surface area contributed by atoms with Gasteiger partial charge >= 0.3 is 0 Å². The van der Waals surface area contributed by atoms with Crippen LogP contribution in [0.25, 0.3) is 33.8 Å². The summed E-state index contributed by atoms with van der Waals surface area (Å²) in [4.78, 5) is 4.64. The Hall–Kier alpha value is -3.27. The van der Waals surface area contributed by atoms with Gasteiger partial charge in [0.2, 0.25) is 5.89 Å². The van der Waals surface area contributed by atoms with Crippen molar-refractivity contribution in [2.24, 2.45) is 0 Å². The summed E-state index contributed by atoms with van der Waals surface area (Å²) >= 11 is 0. The van der Waals surface area contributed by atoms with Gasteiger partial charge in [0.15, 0.2) is 0 Å². The average molecular weight is 327 g/mol. The Bertz CT molecular complexity index is 921. The van der Waals surface area contributed by atoms with E-state index in [9.17, 15) is 0 Å². The predicted octanol–water partition coefficient (Wildman–Crippen LogP) is 5.03. The maximum absolute atomic E-state index is 5.79. The molecule has 4 heteroatoms. The SMILES string of the molecule is CCc1coc(-c2c(-c3ccccc3)cnnc2-c2ccccc2)n1. The Labute approximate surface area is 146 Å². The first-order chi connectivity index (χ1) is 12.4. The highest BCUT2D eigenvalue weighted by Crippen LogP contribution is 2.37. The fourth-order valence-corrected chi connectivity index (χ4v) is 2.82. The predicted molar refractivity (Wildman–Crippen MR) is 97.8 cm³/mol. The number of benzene rings is 2. The largest absolute Gasteiger partial charge is 0.444 e. The highest BCUT2D eigenvalue weighted by Gasteiger charge is 2.20. The van der Waals surface area contributed by atoms with Crippen molar-refractivity contribution in [3.05, 3.63) is 78.8 Å². The minimum atomic E-state index is 0.574. The average Bonchev–Trinajstić information content (AvgIpc) is 3.18.